The van der Waals surface area contributed by atoms with Crippen molar-refractivity contribution in [2.24, 2.45) is 0 Å². The van der Waals surface area contributed by atoms with Crippen LogP contribution >= 0.6 is 0 Å². The summed E-state index contributed by atoms with van der Waals surface area (Å²) in [6, 6.07) is 1.62. The van der Waals surface area contributed by atoms with Gasteiger partial charge in [-0.15, -0.1) is 0 Å². The van der Waals surface area contributed by atoms with Gasteiger partial charge in [0.05, 0.1) is 29.9 Å². The number of rotatable bonds is 4. The molecule has 3 aromatic rings. The van der Waals surface area contributed by atoms with E-state index in [4.69, 9.17) is 9.15 Å². The summed E-state index contributed by atoms with van der Waals surface area (Å²) in [5.74, 6) is 0.264. The van der Waals surface area contributed by atoms with Crippen molar-refractivity contribution in [2.45, 2.75) is 39.3 Å². The standard InChI is InChI=1S/C18H20N4O3/c1-11-12(2)22(8-14-4-3-6-25-14)17-15(11)16(19-10-20-17)21-18(23)13-5-7-24-9-13/h5,7,9-10,14H,3-4,6,8H2,1-2H3,(H,19,20,21,23)/t14-/m1/s1. The molecule has 25 heavy (non-hydrogen) atoms. The second-order valence-corrected chi connectivity index (χ2v) is 6.34. The van der Waals surface area contributed by atoms with Crippen LogP contribution in [0.1, 0.15) is 34.5 Å². The highest BCUT2D eigenvalue weighted by Gasteiger charge is 2.22. The summed E-state index contributed by atoms with van der Waals surface area (Å²) in [6.07, 6.45) is 6.74. The smallest absolute Gasteiger partial charge is 0.260 e. The van der Waals surface area contributed by atoms with Gasteiger partial charge in [0.15, 0.2) is 0 Å². The number of ether oxygens (including phenoxy) is 1. The maximum atomic E-state index is 12.3. The second kappa shape index (κ2) is 6.33. The molecular formula is C18H20N4O3. The van der Waals surface area contributed by atoms with Crippen molar-refractivity contribution >= 4 is 22.8 Å². The molecular weight excluding hydrogens is 320 g/mol. The quantitative estimate of drug-likeness (QED) is 0.789. The molecule has 0 aromatic carbocycles. The Bertz CT molecular complexity index is 908. The molecule has 1 aliphatic heterocycles. The molecule has 1 amide bonds. The first-order valence-corrected chi connectivity index (χ1v) is 8.40. The summed E-state index contributed by atoms with van der Waals surface area (Å²) in [4.78, 5) is 21.1. The lowest BCUT2D eigenvalue weighted by Gasteiger charge is -2.13. The summed E-state index contributed by atoms with van der Waals surface area (Å²) in [5, 5.41) is 3.74. The van der Waals surface area contributed by atoms with Gasteiger partial charge in [-0.25, -0.2) is 9.97 Å². The van der Waals surface area contributed by atoms with E-state index in [0.29, 0.717) is 11.4 Å². The Morgan fingerprint density at radius 1 is 1.40 bits per heavy atom. The predicted octanol–water partition coefficient (Wildman–Crippen LogP) is 3.07. The highest BCUT2D eigenvalue weighted by Crippen LogP contribution is 2.30. The van der Waals surface area contributed by atoms with Crippen molar-refractivity contribution in [1.29, 1.82) is 0 Å². The van der Waals surface area contributed by atoms with Gasteiger partial charge in [-0.3, -0.25) is 4.79 Å². The molecule has 1 N–H and O–H groups in total. The molecule has 0 bridgehead atoms. The zero-order valence-electron chi connectivity index (χ0n) is 14.3. The number of aromatic nitrogens is 3. The number of fused-ring (bicyclic) bond motifs is 1. The van der Waals surface area contributed by atoms with E-state index in [-0.39, 0.29) is 12.0 Å². The summed E-state index contributed by atoms with van der Waals surface area (Å²) in [6.45, 7) is 5.68. The molecule has 130 valence electrons. The van der Waals surface area contributed by atoms with Crippen molar-refractivity contribution in [3.05, 3.63) is 41.7 Å². The molecule has 0 unspecified atom stereocenters. The number of anilines is 1. The van der Waals surface area contributed by atoms with E-state index in [1.807, 2.05) is 6.92 Å². The SMILES string of the molecule is Cc1c(C)n(C[C@H]2CCCO2)c2ncnc(NC(=O)c3ccoc3)c12. The molecule has 0 aliphatic carbocycles. The molecule has 1 fully saturated rings. The van der Waals surface area contributed by atoms with E-state index < -0.39 is 0 Å². The van der Waals surface area contributed by atoms with Crippen LogP contribution in [0.2, 0.25) is 0 Å². The number of carbonyl (C=O) groups is 1. The van der Waals surface area contributed by atoms with Gasteiger partial charge in [0.1, 0.15) is 24.1 Å². The Hall–Kier alpha value is -2.67. The molecule has 0 radical (unpaired) electrons. The fourth-order valence-corrected chi connectivity index (χ4v) is 3.35. The van der Waals surface area contributed by atoms with Gasteiger partial charge < -0.3 is 19.0 Å². The van der Waals surface area contributed by atoms with Gasteiger partial charge in [-0.05, 0) is 38.3 Å². The van der Waals surface area contributed by atoms with E-state index in [0.717, 1.165) is 48.3 Å². The van der Waals surface area contributed by atoms with Crippen molar-refractivity contribution in [2.75, 3.05) is 11.9 Å². The third-order valence-corrected chi connectivity index (χ3v) is 4.83. The summed E-state index contributed by atoms with van der Waals surface area (Å²) in [7, 11) is 0. The minimum atomic E-state index is -0.252. The van der Waals surface area contributed by atoms with Crippen molar-refractivity contribution in [3.63, 3.8) is 0 Å². The van der Waals surface area contributed by atoms with Gasteiger partial charge in [0.25, 0.3) is 5.91 Å². The highest BCUT2D eigenvalue weighted by molar-refractivity contribution is 6.08. The average molecular weight is 340 g/mol. The minimum Gasteiger partial charge on any atom is -0.472 e. The molecule has 1 atom stereocenters. The Labute approximate surface area is 145 Å². The van der Waals surface area contributed by atoms with Crippen LogP contribution in [0.5, 0.6) is 0 Å². The Morgan fingerprint density at radius 2 is 2.28 bits per heavy atom. The summed E-state index contributed by atoms with van der Waals surface area (Å²) in [5.41, 5.74) is 3.46. The summed E-state index contributed by atoms with van der Waals surface area (Å²) >= 11 is 0. The normalized spacial score (nSPS) is 17.3. The first kappa shape index (κ1) is 15.8. The van der Waals surface area contributed by atoms with Crippen molar-refractivity contribution in [3.8, 4) is 0 Å². The number of nitrogens with one attached hydrogen (secondary N) is 1. The first-order valence-electron chi connectivity index (χ1n) is 8.40. The molecule has 1 saturated heterocycles. The van der Waals surface area contributed by atoms with Gasteiger partial charge in [-0.2, -0.15) is 0 Å². The zero-order chi connectivity index (χ0) is 17.4. The van der Waals surface area contributed by atoms with Crippen LogP contribution in [-0.2, 0) is 11.3 Å². The van der Waals surface area contributed by atoms with Crippen molar-refractivity contribution < 1.29 is 13.9 Å². The third kappa shape index (κ3) is 2.80. The fourth-order valence-electron chi connectivity index (χ4n) is 3.35. The Morgan fingerprint density at radius 3 is 3.00 bits per heavy atom. The number of aryl methyl sites for hydroxylation is 1. The molecule has 4 heterocycles. The van der Waals surface area contributed by atoms with Crippen LogP contribution in [0.25, 0.3) is 11.0 Å². The van der Waals surface area contributed by atoms with Crippen LogP contribution < -0.4 is 5.32 Å². The lowest BCUT2D eigenvalue weighted by Crippen LogP contribution is -2.16. The van der Waals surface area contributed by atoms with E-state index in [1.54, 1.807) is 6.07 Å². The van der Waals surface area contributed by atoms with Gasteiger partial charge in [0.2, 0.25) is 0 Å². The number of hydrogen-bond donors (Lipinski definition) is 1. The molecule has 0 saturated carbocycles. The highest BCUT2D eigenvalue weighted by atomic mass is 16.5. The Kier molecular flexibility index (Phi) is 4.01. The zero-order valence-corrected chi connectivity index (χ0v) is 14.3. The molecule has 7 nitrogen and oxygen atoms in total. The average Bonchev–Trinajstić information content (AvgIpc) is 3.34. The maximum absolute atomic E-state index is 12.3. The lowest BCUT2D eigenvalue weighted by molar-refractivity contribution is 0.0974. The first-order chi connectivity index (χ1) is 12.1. The molecule has 3 aromatic heterocycles. The summed E-state index contributed by atoms with van der Waals surface area (Å²) < 4.78 is 12.9. The second-order valence-electron chi connectivity index (χ2n) is 6.34. The number of carbonyl (C=O) groups excluding carboxylic acids is 1. The lowest BCUT2D eigenvalue weighted by atomic mass is 10.2. The van der Waals surface area contributed by atoms with Crippen LogP contribution in [0.3, 0.4) is 0 Å². The minimum absolute atomic E-state index is 0.215. The monoisotopic (exact) mass is 340 g/mol. The van der Waals surface area contributed by atoms with Gasteiger partial charge in [0, 0.05) is 12.3 Å². The molecule has 1 aliphatic rings. The number of nitrogens with zero attached hydrogens (tertiary/aromatic N) is 3. The number of hydrogen-bond acceptors (Lipinski definition) is 5. The largest absolute Gasteiger partial charge is 0.472 e. The van der Waals surface area contributed by atoms with Gasteiger partial charge in [-0.1, -0.05) is 0 Å². The van der Waals surface area contributed by atoms with Crippen LogP contribution in [-0.4, -0.2) is 33.2 Å². The van der Waals surface area contributed by atoms with Crippen LogP contribution in [0.15, 0.2) is 29.3 Å². The van der Waals surface area contributed by atoms with E-state index >= 15 is 0 Å². The fraction of sp³-hybridized carbons (Fsp3) is 0.389. The van der Waals surface area contributed by atoms with E-state index in [1.165, 1.54) is 18.9 Å². The topological polar surface area (TPSA) is 82.2 Å². The van der Waals surface area contributed by atoms with Gasteiger partial charge >= 0.3 is 0 Å². The van der Waals surface area contributed by atoms with Crippen LogP contribution in [0, 0.1) is 13.8 Å². The van der Waals surface area contributed by atoms with E-state index in [9.17, 15) is 4.79 Å². The number of furan rings is 1. The maximum Gasteiger partial charge on any atom is 0.260 e. The van der Waals surface area contributed by atoms with Crippen LogP contribution in [0.4, 0.5) is 5.82 Å². The Balaban J connectivity index is 1.72. The van der Waals surface area contributed by atoms with Crippen molar-refractivity contribution in [1.82, 2.24) is 14.5 Å². The third-order valence-electron chi connectivity index (χ3n) is 4.83. The van der Waals surface area contributed by atoms with E-state index in [2.05, 4.69) is 26.8 Å². The predicted molar refractivity (Wildman–Crippen MR) is 92.6 cm³/mol. The number of amides is 1. The molecule has 4 rings (SSSR count). The molecule has 7 heteroatoms. The molecule has 0 spiro atoms.